The van der Waals surface area contributed by atoms with Gasteiger partial charge in [-0.2, -0.15) is 0 Å². The van der Waals surface area contributed by atoms with E-state index in [1.165, 1.54) is 6.07 Å². The van der Waals surface area contributed by atoms with Gasteiger partial charge in [0.1, 0.15) is 12.4 Å². The first-order valence-electron chi connectivity index (χ1n) is 10.2. The molecule has 0 bridgehead atoms. The number of imide groups is 1. The molecule has 0 aliphatic carbocycles. The fraction of sp³-hybridized carbons (Fsp3) is 0.120. The smallest absolute Gasteiger partial charge is 0.293 e. The Hall–Kier alpha value is -3.91. The summed E-state index contributed by atoms with van der Waals surface area (Å²) in [6, 6.07) is 21.3. The summed E-state index contributed by atoms with van der Waals surface area (Å²) in [7, 11) is 0. The minimum atomic E-state index is -0.522. The monoisotopic (exact) mass is 460 g/mol. The van der Waals surface area contributed by atoms with Crippen molar-refractivity contribution in [3.63, 3.8) is 0 Å². The van der Waals surface area contributed by atoms with Crippen molar-refractivity contribution in [1.82, 2.24) is 4.90 Å². The molecule has 0 N–H and O–H groups in total. The Labute approximate surface area is 194 Å². The van der Waals surface area contributed by atoms with Crippen molar-refractivity contribution >= 4 is 34.7 Å². The molecule has 0 spiro atoms. The molecule has 33 heavy (non-hydrogen) atoms. The number of nitro groups is 1. The Kier molecular flexibility index (Phi) is 6.55. The number of thioether (sulfide) groups is 1. The third kappa shape index (κ3) is 5.12. The lowest BCUT2D eigenvalue weighted by molar-refractivity contribution is -0.385. The van der Waals surface area contributed by atoms with Gasteiger partial charge in [0.05, 0.1) is 16.4 Å². The van der Waals surface area contributed by atoms with E-state index in [0.717, 1.165) is 27.8 Å². The van der Waals surface area contributed by atoms with E-state index >= 15 is 0 Å². The molecule has 8 heteroatoms. The second-order valence-corrected chi connectivity index (χ2v) is 8.46. The number of carbonyl (C=O) groups excluding carboxylic acids is 2. The third-order valence-corrected chi connectivity index (χ3v) is 5.98. The van der Waals surface area contributed by atoms with Gasteiger partial charge in [-0.05, 0) is 36.4 Å². The largest absolute Gasteiger partial charge is 0.488 e. The van der Waals surface area contributed by atoms with E-state index in [1.54, 1.807) is 30.3 Å². The second kappa shape index (κ2) is 9.70. The van der Waals surface area contributed by atoms with Crippen LogP contribution in [0.3, 0.4) is 0 Å². The lowest BCUT2D eigenvalue weighted by Crippen LogP contribution is -2.27. The summed E-state index contributed by atoms with van der Waals surface area (Å²) in [5, 5.41) is 10.8. The van der Waals surface area contributed by atoms with Gasteiger partial charge < -0.3 is 4.74 Å². The van der Waals surface area contributed by atoms with Crippen LogP contribution < -0.4 is 4.74 Å². The topological polar surface area (TPSA) is 89.8 Å². The number of ether oxygens (including phenoxy) is 1. The Morgan fingerprint density at radius 3 is 2.58 bits per heavy atom. The maximum absolute atomic E-state index is 12.9. The summed E-state index contributed by atoms with van der Waals surface area (Å²) >= 11 is 0.808. The number of nitrogens with zero attached hydrogens (tertiary/aromatic N) is 2. The van der Waals surface area contributed by atoms with E-state index in [1.807, 2.05) is 49.4 Å². The highest BCUT2D eigenvalue weighted by Gasteiger charge is 2.36. The van der Waals surface area contributed by atoms with Crippen LogP contribution in [0.5, 0.6) is 5.75 Å². The molecule has 0 atom stereocenters. The summed E-state index contributed by atoms with van der Waals surface area (Å²) < 4.78 is 5.98. The first kappa shape index (κ1) is 22.3. The molecule has 1 fully saturated rings. The van der Waals surface area contributed by atoms with Crippen LogP contribution in [0.25, 0.3) is 6.08 Å². The van der Waals surface area contributed by atoms with Gasteiger partial charge in [0.25, 0.3) is 16.8 Å². The highest BCUT2D eigenvalue weighted by molar-refractivity contribution is 8.18. The summed E-state index contributed by atoms with van der Waals surface area (Å²) in [5.41, 5.74) is 3.00. The molecule has 0 unspecified atom stereocenters. The maximum atomic E-state index is 12.9. The number of carbonyl (C=O) groups is 2. The van der Waals surface area contributed by atoms with Gasteiger partial charge in [-0.3, -0.25) is 24.6 Å². The molecule has 4 rings (SSSR count). The first-order chi connectivity index (χ1) is 15.9. The van der Waals surface area contributed by atoms with Crippen LogP contribution in [0.2, 0.25) is 0 Å². The molecule has 0 saturated carbocycles. The minimum absolute atomic E-state index is 0.129. The zero-order chi connectivity index (χ0) is 23.4. The van der Waals surface area contributed by atoms with E-state index in [4.69, 9.17) is 4.74 Å². The predicted octanol–water partition coefficient (Wildman–Crippen LogP) is 5.72. The number of hydrogen-bond acceptors (Lipinski definition) is 6. The molecule has 0 aromatic heterocycles. The Morgan fingerprint density at radius 2 is 1.79 bits per heavy atom. The van der Waals surface area contributed by atoms with Crippen molar-refractivity contribution in [1.29, 1.82) is 0 Å². The molecule has 166 valence electrons. The summed E-state index contributed by atoms with van der Waals surface area (Å²) in [4.78, 5) is 37.5. The van der Waals surface area contributed by atoms with Crippen molar-refractivity contribution < 1.29 is 19.2 Å². The molecule has 1 saturated heterocycles. The zero-order valence-electron chi connectivity index (χ0n) is 17.8. The summed E-state index contributed by atoms with van der Waals surface area (Å²) in [5.74, 6) is 0.0983. The molecule has 1 aliphatic heterocycles. The average molecular weight is 461 g/mol. The molecule has 3 aromatic carbocycles. The molecular formula is C25H20N2O5S. The molecule has 7 nitrogen and oxygen atoms in total. The number of rotatable bonds is 7. The van der Waals surface area contributed by atoms with Crippen LogP contribution in [-0.4, -0.2) is 21.0 Å². The lowest BCUT2D eigenvalue weighted by Gasteiger charge is -2.12. The first-order valence-corrected chi connectivity index (χ1v) is 11.0. The van der Waals surface area contributed by atoms with Crippen LogP contribution >= 0.6 is 11.8 Å². The van der Waals surface area contributed by atoms with Crippen LogP contribution in [0.15, 0.2) is 77.7 Å². The Balaban J connectivity index is 1.54. The number of nitro benzene ring substituents is 1. The molecule has 2 amide bonds. The summed E-state index contributed by atoms with van der Waals surface area (Å²) in [6.07, 6.45) is 1.62. The fourth-order valence-electron chi connectivity index (χ4n) is 3.46. The van der Waals surface area contributed by atoms with Crippen molar-refractivity contribution in [3.05, 3.63) is 110 Å². The molecular weight excluding hydrogens is 440 g/mol. The third-order valence-electron chi connectivity index (χ3n) is 5.07. The van der Waals surface area contributed by atoms with Gasteiger partial charge in [0.2, 0.25) is 0 Å². The van der Waals surface area contributed by atoms with Crippen LogP contribution in [-0.2, 0) is 17.9 Å². The Morgan fingerprint density at radius 1 is 1.03 bits per heavy atom. The van der Waals surface area contributed by atoms with Gasteiger partial charge in [0.15, 0.2) is 0 Å². The predicted molar refractivity (Wildman–Crippen MR) is 127 cm³/mol. The van der Waals surface area contributed by atoms with Crippen molar-refractivity contribution in [2.45, 2.75) is 20.1 Å². The average Bonchev–Trinajstić information content (AvgIpc) is 3.06. The molecule has 3 aromatic rings. The number of aryl methyl sites for hydroxylation is 1. The van der Waals surface area contributed by atoms with Gasteiger partial charge in [-0.1, -0.05) is 66.2 Å². The SMILES string of the molecule is Cc1cccc(COc2ccccc2/C=C2/SC(=O)N(Cc3ccccc3[N+](=O)[O-])C2=O)c1. The number of hydrogen-bond donors (Lipinski definition) is 0. The number of benzene rings is 3. The van der Waals surface area contributed by atoms with Crippen LogP contribution in [0.1, 0.15) is 22.3 Å². The van der Waals surface area contributed by atoms with E-state index in [-0.39, 0.29) is 17.1 Å². The number of para-hydroxylation sites is 2. The van der Waals surface area contributed by atoms with Crippen molar-refractivity contribution in [2.24, 2.45) is 0 Å². The zero-order valence-corrected chi connectivity index (χ0v) is 18.6. The van der Waals surface area contributed by atoms with E-state index in [2.05, 4.69) is 0 Å². The van der Waals surface area contributed by atoms with Gasteiger partial charge in [-0.15, -0.1) is 0 Å². The van der Waals surface area contributed by atoms with E-state index < -0.39 is 16.1 Å². The highest BCUT2D eigenvalue weighted by Crippen LogP contribution is 2.35. The quantitative estimate of drug-likeness (QED) is 0.255. The van der Waals surface area contributed by atoms with Gasteiger partial charge >= 0.3 is 0 Å². The molecule has 1 aliphatic rings. The molecule has 1 heterocycles. The van der Waals surface area contributed by atoms with Gasteiger partial charge in [0, 0.05) is 17.2 Å². The Bertz CT molecular complexity index is 1270. The highest BCUT2D eigenvalue weighted by atomic mass is 32.2. The maximum Gasteiger partial charge on any atom is 0.293 e. The second-order valence-electron chi connectivity index (χ2n) is 7.47. The minimum Gasteiger partial charge on any atom is -0.488 e. The normalized spacial score (nSPS) is 14.7. The fourth-order valence-corrected chi connectivity index (χ4v) is 4.29. The van der Waals surface area contributed by atoms with E-state index in [0.29, 0.717) is 23.5 Å². The standard InChI is InChI=1S/C25H20N2O5S/c1-17-7-6-8-18(13-17)16-32-22-12-5-3-9-19(22)14-23-24(28)26(25(29)33-23)15-20-10-2-4-11-21(20)27(30)31/h2-14H,15-16H2,1H3/b23-14+. The molecule has 0 radical (unpaired) electrons. The van der Waals surface area contributed by atoms with Crippen molar-refractivity contribution in [2.75, 3.05) is 0 Å². The lowest BCUT2D eigenvalue weighted by atomic mass is 10.1. The van der Waals surface area contributed by atoms with Crippen LogP contribution in [0.4, 0.5) is 10.5 Å². The van der Waals surface area contributed by atoms with Gasteiger partial charge in [-0.25, -0.2) is 0 Å². The summed E-state index contributed by atoms with van der Waals surface area (Å²) in [6.45, 7) is 2.22. The van der Waals surface area contributed by atoms with Crippen molar-refractivity contribution in [3.8, 4) is 5.75 Å². The van der Waals surface area contributed by atoms with E-state index in [9.17, 15) is 19.7 Å². The number of amides is 2. The van der Waals surface area contributed by atoms with Crippen LogP contribution in [0, 0.1) is 17.0 Å².